The highest BCUT2D eigenvalue weighted by Crippen LogP contribution is 2.38. The fourth-order valence-electron chi connectivity index (χ4n) is 4.85. The van der Waals surface area contributed by atoms with Gasteiger partial charge < -0.3 is 5.32 Å². The SMILES string of the molecule is O=C(NC(c1ccsc1)C1CCCC2CCCCN21)c1cccc(C(F)(F)F)c1Cl. The zero-order valence-electron chi connectivity index (χ0n) is 16.4. The fraction of sp³-hybridized carbons (Fsp3) is 0.500. The fourth-order valence-corrected chi connectivity index (χ4v) is 5.87. The number of alkyl halides is 3. The van der Waals surface area contributed by atoms with Gasteiger partial charge in [0.25, 0.3) is 5.91 Å². The summed E-state index contributed by atoms with van der Waals surface area (Å²) in [5.41, 5.74) is -0.136. The van der Waals surface area contributed by atoms with Crippen LogP contribution in [-0.4, -0.2) is 29.4 Å². The monoisotopic (exact) mass is 456 g/mol. The Kier molecular flexibility index (Phi) is 6.42. The lowest BCUT2D eigenvalue weighted by atomic mass is 9.84. The second kappa shape index (κ2) is 8.89. The van der Waals surface area contributed by atoms with E-state index < -0.39 is 22.7 Å². The normalized spacial score (nSPS) is 23.6. The Bertz CT molecular complexity index is 885. The molecule has 3 unspecified atom stereocenters. The number of fused-ring (bicyclic) bond motifs is 1. The predicted octanol–water partition coefficient (Wildman–Crippen LogP) is 6.30. The van der Waals surface area contributed by atoms with E-state index in [-0.39, 0.29) is 17.6 Å². The molecule has 2 saturated heterocycles. The van der Waals surface area contributed by atoms with Gasteiger partial charge in [0.1, 0.15) is 0 Å². The molecule has 0 aliphatic carbocycles. The molecule has 1 aromatic heterocycles. The van der Waals surface area contributed by atoms with Crippen molar-refractivity contribution in [2.45, 2.75) is 62.8 Å². The Morgan fingerprint density at radius 2 is 1.97 bits per heavy atom. The van der Waals surface area contributed by atoms with Gasteiger partial charge in [-0.1, -0.05) is 30.5 Å². The van der Waals surface area contributed by atoms with Crippen LogP contribution in [0.2, 0.25) is 5.02 Å². The van der Waals surface area contributed by atoms with Crippen molar-refractivity contribution < 1.29 is 18.0 Å². The minimum atomic E-state index is -4.61. The third-order valence-electron chi connectivity index (χ3n) is 6.26. The molecule has 2 aromatic rings. The molecule has 0 spiro atoms. The minimum Gasteiger partial charge on any atom is -0.344 e. The average Bonchev–Trinajstić information content (AvgIpc) is 3.25. The Morgan fingerprint density at radius 3 is 2.70 bits per heavy atom. The van der Waals surface area contributed by atoms with Crippen LogP contribution in [0, 0.1) is 0 Å². The standard InChI is InChI=1S/C22H24ClF3N2OS/c23-19-16(7-4-8-17(19)22(24,25)26)21(29)27-20(14-10-12-30-13-14)18-9-3-6-15-5-1-2-11-28(15)18/h4,7-8,10,12-13,15,18,20H,1-3,5-6,9,11H2,(H,27,29). The van der Waals surface area contributed by atoms with Crippen molar-refractivity contribution in [3.63, 3.8) is 0 Å². The largest absolute Gasteiger partial charge is 0.417 e. The van der Waals surface area contributed by atoms with E-state index in [1.165, 1.54) is 31.4 Å². The number of nitrogens with zero attached hydrogens (tertiary/aromatic N) is 1. The Labute approximate surface area is 183 Å². The second-order valence-corrected chi connectivity index (χ2v) is 9.22. The van der Waals surface area contributed by atoms with E-state index >= 15 is 0 Å². The van der Waals surface area contributed by atoms with Gasteiger partial charge >= 0.3 is 6.18 Å². The summed E-state index contributed by atoms with van der Waals surface area (Å²) in [6.07, 6.45) is 2.13. The Morgan fingerprint density at radius 1 is 1.17 bits per heavy atom. The summed E-state index contributed by atoms with van der Waals surface area (Å²) < 4.78 is 39.7. The second-order valence-electron chi connectivity index (χ2n) is 8.06. The zero-order valence-corrected chi connectivity index (χ0v) is 18.0. The lowest BCUT2D eigenvalue weighted by molar-refractivity contribution is -0.137. The first kappa shape index (κ1) is 21.7. The van der Waals surface area contributed by atoms with Gasteiger partial charge in [0, 0.05) is 12.1 Å². The van der Waals surface area contributed by atoms with E-state index in [0.717, 1.165) is 37.4 Å². The smallest absolute Gasteiger partial charge is 0.344 e. The lowest BCUT2D eigenvalue weighted by Crippen LogP contribution is -2.54. The molecular weight excluding hydrogens is 433 g/mol. The molecule has 1 aromatic carbocycles. The zero-order chi connectivity index (χ0) is 21.3. The maximum Gasteiger partial charge on any atom is 0.417 e. The molecule has 2 aliphatic heterocycles. The van der Waals surface area contributed by atoms with Crippen LogP contribution in [0.5, 0.6) is 0 Å². The van der Waals surface area contributed by atoms with Crippen molar-refractivity contribution in [3.8, 4) is 0 Å². The summed E-state index contributed by atoms with van der Waals surface area (Å²) in [5.74, 6) is -0.568. The molecule has 3 heterocycles. The highest BCUT2D eigenvalue weighted by molar-refractivity contribution is 7.08. The molecule has 0 bridgehead atoms. The molecule has 30 heavy (non-hydrogen) atoms. The number of thiophene rings is 1. The summed E-state index contributed by atoms with van der Waals surface area (Å²) in [6, 6.07) is 5.83. The van der Waals surface area contributed by atoms with Crippen molar-refractivity contribution >= 4 is 28.8 Å². The van der Waals surface area contributed by atoms with Gasteiger partial charge in [0.2, 0.25) is 0 Å². The Hall–Kier alpha value is -1.57. The summed E-state index contributed by atoms with van der Waals surface area (Å²) >= 11 is 7.55. The first-order valence-corrected chi connectivity index (χ1v) is 11.6. The van der Waals surface area contributed by atoms with E-state index in [4.69, 9.17) is 11.6 Å². The van der Waals surface area contributed by atoms with Crippen LogP contribution in [0.4, 0.5) is 13.2 Å². The summed E-state index contributed by atoms with van der Waals surface area (Å²) in [4.78, 5) is 15.6. The van der Waals surface area contributed by atoms with E-state index in [0.29, 0.717) is 6.04 Å². The average molecular weight is 457 g/mol. The summed E-state index contributed by atoms with van der Waals surface area (Å²) in [7, 11) is 0. The van der Waals surface area contributed by atoms with Gasteiger partial charge in [-0.2, -0.15) is 24.5 Å². The Balaban J connectivity index is 1.63. The minimum absolute atomic E-state index is 0.132. The van der Waals surface area contributed by atoms with Gasteiger partial charge in [0.15, 0.2) is 0 Å². The van der Waals surface area contributed by atoms with Crippen LogP contribution in [0.15, 0.2) is 35.0 Å². The van der Waals surface area contributed by atoms with Gasteiger partial charge in [-0.25, -0.2) is 0 Å². The van der Waals surface area contributed by atoms with Crippen molar-refractivity contribution in [2.75, 3.05) is 6.54 Å². The maximum atomic E-state index is 13.2. The number of nitrogens with one attached hydrogen (secondary N) is 1. The molecule has 4 rings (SSSR count). The van der Waals surface area contributed by atoms with Crippen LogP contribution in [-0.2, 0) is 6.18 Å². The van der Waals surface area contributed by atoms with E-state index in [1.54, 1.807) is 11.3 Å². The van der Waals surface area contributed by atoms with Gasteiger partial charge in [-0.3, -0.25) is 9.69 Å². The lowest BCUT2D eigenvalue weighted by Gasteiger charge is -2.48. The molecule has 0 saturated carbocycles. The maximum absolute atomic E-state index is 13.2. The first-order valence-electron chi connectivity index (χ1n) is 10.3. The predicted molar refractivity (Wildman–Crippen MR) is 113 cm³/mol. The highest BCUT2D eigenvalue weighted by Gasteiger charge is 2.39. The van der Waals surface area contributed by atoms with Crippen molar-refractivity contribution in [2.24, 2.45) is 0 Å². The summed E-state index contributed by atoms with van der Waals surface area (Å²) in [5, 5.41) is 6.45. The molecular formula is C22H24ClF3N2OS. The van der Waals surface area contributed by atoms with Crippen LogP contribution in [0.25, 0.3) is 0 Å². The molecule has 0 radical (unpaired) electrons. The van der Waals surface area contributed by atoms with E-state index in [1.807, 2.05) is 16.8 Å². The number of hydrogen-bond donors (Lipinski definition) is 1. The summed E-state index contributed by atoms with van der Waals surface area (Å²) in [6.45, 7) is 0.996. The molecule has 8 heteroatoms. The van der Waals surface area contributed by atoms with E-state index in [2.05, 4.69) is 10.2 Å². The number of hydrogen-bond acceptors (Lipinski definition) is 3. The van der Waals surface area contributed by atoms with Crippen LogP contribution in [0.1, 0.15) is 66.1 Å². The topological polar surface area (TPSA) is 32.3 Å². The number of piperidine rings is 2. The third kappa shape index (κ3) is 4.39. The third-order valence-corrected chi connectivity index (χ3v) is 7.37. The van der Waals surface area contributed by atoms with Crippen molar-refractivity contribution in [1.29, 1.82) is 0 Å². The molecule has 2 fully saturated rings. The first-order chi connectivity index (χ1) is 14.4. The number of carbonyl (C=O) groups excluding carboxylic acids is 1. The van der Waals surface area contributed by atoms with Gasteiger partial charge in [-0.15, -0.1) is 0 Å². The van der Waals surface area contributed by atoms with Gasteiger partial charge in [-0.05, 0) is 66.8 Å². The number of benzene rings is 1. The highest BCUT2D eigenvalue weighted by atomic mass is 35.5. The van der Waals surface area contributed by atoms with E-state index in [9.17, 15) is 18.0 Å². The van der Waals surface area contributed by atoms with Crippen LogP contribution in [0.3, 0.4) is 0 Å². The molecule has 162 valence electrons. The van der Waals surface area contributed by atoms with Gasteiger partial charge in [0.05, 0.1) is 22.2 Å². The molecule has 2 aliphatic rings. The van der Waals surface area contributed by atoms with Crippen molar-refractivity contribution in [3.05, 3.63) is 56.7 Å². The number of rotatable bonds is 4. The number of halogens is 4. The molecule has 3 atom stereocenters. The number of carbonyl (C=O) groups is 1. The van der Waals surface area contributed by atoms with Crippen molar-refractivity contribution in [1.82, 2.24) is 10.2 Å². The molecule has 1 N–H and O–H groups in total. The molecule has 1 amide bonds. The number of amides is 1. The van der Waals surface area contributed by atoms with Crippen LogP contribution < -0.4 is 5.32 Å². The van der Waals surface area contributed by atoms with Crippen LogP contribution >= 0.6 is 22.9 Å². The molecule has 3 nitrogen and oxygen atoms in total. The quantitative estimate of drug-likeness (QED) is 0.585.